The third-order valence-electron chi connectivity index (χ3n) is 12.8. The molecule has 1 N–H and O–H groups in total. The van der Waals surface area contributed by atoms with E-state index in [-0.39, 0.29) is 28.1 Å². The predicted octanol–water partition coefficient (Wildman–Crippen LogP) is 7.02. The zero-order valence-electron chi connectivity index (χ0n) is 22.5. The smallest absolute Gasteiger partial charge is 0.310 e. The fourth-order valence-corrected chi connectivity index (χ4v) is 10.5. The number of hydrogen-bond acceptors (Lipinski definition) is 3. The van der Waals surface area contributed by atoms with E-state index in [9.17, 15) is 14.7 Å². The molecule has 0 aromatic heterocycles. The van der Waals surface area contributed by atoms with Gasteiger partial charge in [0, 0.05) is 12.3 Å². The Hall–Kier alpha value is -1.32. The van der Waals surface area contributed by atoms with Gasteiger partial charge in [0.2, 0.25) is 0 Å². The second-order valence-corrected chi connectivity index (χ2v) is 14.2. The van der Waals surface area contributed by atoms with Gasteiger partial charge in [-0.3, -0.25) is 9.59 Å². The van der Waals surface area contributed by atoms with Crippen molar-refractivity contribution in [2.75, 3.05) is 0 Å². The van der Waals surface area contributed by atoms with Gasteiger partial charge in [-0.1, -0.05) is 46.3 Å². The Labute approximate surface area is 206 Å². The fourth-order valence-electron chi connectivity index (χ4n) is 10.5. The van der Waals surface area contributed by atoms with E-state index in [4.69, 9.17) is 4.74 Å². The van der Waals surface area contributed by atoms with Crippen LogP contribution in [0, 0.1) is 51.2 Å². The average molecular weight is 471 g/mol. The molecule has 1 aliphatic heterocycles. The van der Waals surface area contributed by atoms with Gasteiger partial charge in [0.15, 0.2) is 0 Å². The molecule has 0 spiro atoms. The number of aliphatic carboxylic acids is 1. The van der Waals surface area contributed by atoms with Crippen LogP contribution in [0.3, 0.4) is 0 Å². The number of fused-ring (bicyclic) bond motifs is 7. The van der Waals surface area contributed by atoms with E-state index in [1.165, 1.54) is 5.57 Å². The van der Waals surface area contributed by atoms with E-state index in [2.05, 4.69) is 54.5 Å². The second-order valence-electron chi connectivity index (χ2n) is 14.2. The molecule has 0 radical (unpaired) electrons. The third-order valence-corrected chi connectivity index (χ3v) is 12.8. The van der Waals surface area contributed by atoms with Gasteiger partial charge in [0.25, 0.3) is 0 Å². The monoisotopic (exact) mass is 470 g/mol. The van der Waals surface area contributed by atoms with Gasteiger partial charge in [0.1, 0.15) is 5.60 Å². The average Bonchev–Trinajstić information content (AvgIpc) is 2.83. The largest absolute Gasteiger partial charge is 0.481 e. The molecule has 4 fully saturated rings. The van der Waals surface area contributed by atoms with Crippen molar-refractivity contribution in [3.05, 3.63) is 11.6 Å². The Balaban J connectivity index is 1.62. The summed E-state index contributed by atoms with van der Waals surface area (Å²) >= 11 is 0. The highest BCUT2D eigenvalue weighted by molar-refractivity contribution is 5.76. The van der Waals surface area contributed by atoms with Gasteiger partial charge in [-0.2, -0.15) is 0 Å². The molecule has 0 aromatic rings. The lowest BCUT2D eigenvalue weighted by Gasteiger charge is -2.69. The minimum absolute atomic E-state index is 0.0140. The van der Waals surface area contributed by atoms with Crippen LogP contribution in [0.4, 0.5) is 0 Å². The maximum Gasteiger partial charge on any atom is 0.310 e. The van der Waals surface area contributed by atoms with Crippen LogP contribution in [0.25, 0.3) is 0 Å². The number of hydrogen-bond donors (Lipinski definition) is 1. The van der Waals surface area contributed by atoms with Crippen molar-refractivity contribution in [3.8, 4) is 0 Å². The normalized spacial score (nSPS) is 52.0. The van der Waals surface area contributed by atoms with E-state index < -0.39 is 17.0 Å². The van der Waals surface area contributed by atoms with Crippen molar-refractivity contribution >= 4 is 11.9 Å². The third kappa shape index (κ3) is 2.89. The van der Waals surface area contributed by atoms with Gasteiger partial charge in [-0.05, 0) is 105 Å². The number of carboxylic acids is 1. The number of esters is 1. The van der Waals surface area contributed by atoms with E-state index in [0.29, 0.717) is 30.1 Å². The molecular formula is C30H46O4. The lowest BCUT2D eigenvalue weighted by Crippen LogP contribution is -2.64. The number of ether oxygens (including phenoxy) is 1. The maximum absolute atomic E-state index is 12.8. The summed E-state index contributed by atoms with van der Waals surface area (Å²) in [6.45, 7) is 16.4. The zero-order valence-corrected chi connectivity index (χ0v) is 22.5. The van der Waals surface area contributed by atoms with Crippen LogP contribution in [0.1, 0.15) is 106 Å². The Morgan fingerprint density at radius 1 is 0.971 bits per heavy atom. The molecule has 4 heteroatoms. The Morgan fingerprint density at radius 3 is 2.35 bits per heavy atom. The SMILES string of the molecule is C[C@H]1[C@H](C)CC[C@]2(C(=O)O)CC[C@]3(C)C(=CC[C@@H]4[C@@]5(C)CCC(=O)OC(C)(C)[C@@H]5CC[C@]43C)[C@H]12. The molecule has 0 amide bonds. The predicted molar refractivity (Wildman–Crippen MR) is 133 cm³/mol. The van der Waals surface area contributed by atoms with Gasteiger partial charge in [-0.15, -0.1) is 0 Å². The number of allylic oxidation sites excluding steroid dienone is 2. The molecule has 3 saturated carbocycles. The lowest BCUT2D eigenvalue weighted by molar-refractivity contribution is -0.192. The lowest BCUT2D eigenvalue weighted by atomic mass is 9.35. The van der Waals surface area contributed by atoms with Crippen molar-refractivity contribution in [2.45, 2.75) is 112 Å². The second kappa shape index (κ2) is 7.35. The Bertz CT molecular complexity index is 934. The summed E-state index contributed by atoms with van der Waals surface area (Å²) in [6.07, 6.45) is 10.7. The quantitative estimate of drug-likeness (QED) is 0.330. The standard InChI is InChI=1S/C30H46O4/c1-18-10-15-30(25(32)33)17-16-28(6)20(24(30)19(18)2)8-9-22-27(5)13-12-23(31)34-26(3,4)21(27)11-14-29(22,28)7/h8,18-19,21-22,24H,9-17H2,1-7H3,(H,32,33)/t18-,19+,21+,22-,24+,27+,28-,29-,30+/m1/s1. The van der Waals surface area contributed by atoms with Crippen molar-refractivity contribution < 1.29 is 19.4 Å². The molecule has 9 atom stereocenters. The first-order valence-corrected chi connectivity index (χ1v) is 13.9. The molecule has 190 valence electrons. The summed E-state index contributed by atoms with van der Waals surface area (Å²) < 4.78 is 5.99. The first-order valence-electron chi connectivity index (χ1n) is 13.9. The topological polar surface area (TPSA) is 63.6 Å². The Kier molecular flexibility index (Phi) is 5.27. The highest BCUT2D eigenvalue weighted by Crippen LogP contribution is 2.74. The van der Waals surface area contributed by atoms with E-state index in [0.717, 1.165) is 51.4 Å². The highest BCUT2D eigenvalue weighted by Gasteiger charge is 2.69. The van der Waals surface area contributed by atoms with Crippen LogP contribution >= 0.6 is 0 Å². The maximum atomic E-state index is 12.8. The van der Waals surface area contributed by atoms with Crippen LogP contribution < -0.4 is 0 Å². The number of carbonyl (C=O) groups is 2. The molecule has 34 heavy (non-hydrogen) atoms. The van der Waals surface area contributed by atoms with Crippen LogP contribution in [-0.2, 0) is 14.3 Å². The molecule has 0 bridgehead atoms. The minimum Gasteiger partial charge on any atom is -0.481 e. The van der Waals surface area contributed by atoms with E-state index >= 15 is 0 Å². The molecule has 0 aromatic carbocycles. The van der Waals surface area contributed by atoms with Gasteiger partial charge in [-0.25, -0.2) is 0 Å². The first kappa shape index (κ1) is 24.4. The van der Waals surface area contributed by atoms with Crippen LogP contribution in [0.15, 0.2) is 11.6 Å². The molecule has 4 aliphatic carbocycles. The van der Waals surface area contributed by atoms with Gasteiger partial charge in [0.05, 0.1) is 5.41 Å². The first-order chi connectivity index (χ1) is 15.7. The molecule has 5 rings (SSSR count). The molecule has 1 heterocycles. The number of rotatable bonds is 1. The van der Waals surface area contributed by atoms with Crippen LogP contribution in [0.2, 0.25) is 0 Å². The van der Waals surface area contributed by atoms with E-state index in [1.54, 1.807) is 0 Å². The number of cyclic esters (lactones) is 1. The molecule has 5 aliphatic rings. The van der Waals surface area contributed by atoms with Crippen molar-refractivity contribution in [3.63, 3.8) is 0 Å². The number of carboxylic acid groups (broad SMARTS) is 1. The molecular weight excluding hydrogens is 424 g/mol. The van der Waals surface area contributed by atoms with E-state index in [1.807, 2.05) is 0 Å². The summed E-state index contributed by atoms with van der Waals surface area (Å²) in [4.78, 5) is 25.4. The summed E-state index contributed by atoms with van der Waals surface area (Å²) in [5.41, 5.74) is 0.609. The molecule has 0 unspecified atom stereocenters. The highest BCUT2D eigenvalue weighted by atomic mass is 16.6. The molecule has 4 nitrogen and oxygen atoms in total. The molecule has 1 saturated heterocycles. The van der Waals surface area contributed by atoms with Crippen LogP contribution in [-0.4, -0.2) is 22.6 Å². The van der Waals surface area contributed by atoms with Gasteiger partial charge >= 0.3 is 11.9 Å². The summed E-state index contributed by atoms with van der Waals surface area (Å²) in [5, 5.41) is 10.5. The summed E-state index contributed by atoms with van der Waals surface area (Å²) in [7, 11) is 0. The van der Waals surface area contributed by atoms with Gasteiger partial charge < -0.3 is 9.84 Å². The summed E-state index contributed by atoms with van der Waals surface area (Å²) in [6, 6.07) is 0. The van der Waals surface area contributed by atoms with Crippen molar-refractivity contribution in [2.24, 2.45) is 51.2 Å². The zero-order chi connectivity index (χ0) is 24.9. The Morgan fingerprint density at radius 2 is 1.68 bits per heavy atom. The number of carbonyl (C=O) groups excluding carboxylic acids is 1. The summed E-state index contributed by atoms with van der Waals surface area (Å²) in [5.74, 6) is 1.33. The van der Waals surface area contributed by atoms with Crippen molar-refractivity contribution in [1.29, 1.82) is 0 Å². The van der Waals surface area contributed by atoms with Crippen LogP contribution in [0.5, 0.6) is 0 Å². The van der Waals surface area contributed by atoms with Crippen molar-refractivity contribution in [1.82, 2.24) is 0 Å². The minimum atomic E-state index is -0.591. The fraction of sp³-hybridized carbons (Fsp3) is 0.867.